The summed E-state index contributed by atoms with van der Waals surface area (Å²) in [6.07, 6.45) is 0.209. The quantitative estimate of drug-likeness (QED) is 0.339. The smallest absolute Gasteiger partial charge is 0.414 e. The molecule has 1 aliphatic heterocycles. The van der Waals surface area contributed by atoms with Gasteiger partial charge in [-0.15, -0.1) is 0 Å². The normalized spacial score (nSPS) is 28.7. The van der Waals surface area contributed by atoms with Crippen LogP contribution in [0.2, 0.25) is 0 Å². The fourth-order valence-electron chi connectivity index (χ4n) is 2.98. The first-order valence-electron chi connectivity index (χ1n) is 9.51. The minimum atomic E-state index is -3.89. The summed E-state index contributed by atoms with van der Waals surface area (Å²) in [7, 11) is -3.89. The van der Waals surface area contributed by atoms with Gasteiger partial charge in [-0.25, -0.2) is 18.8 Å². The second-order valence-electron chi connectivity index (χ2n) is 7.52. The molecule has 0 spiro atoms. The summed E-state index contributed by atoms with van der Waals surface area (Å²) in [5.74, 6) is 0.104. The minimum absolute atomic E-state index is 0.104. The van der Waals surface area contributed by atoms with Crippen molar-refractivity contribution in [3.63, 3.8) is 0 Å². The Bertz CT molecular complexity index is 901. The molecule has 1 aliphatic rings. The molecule has 11 heteroatoms. The maximum absolute atomic E-state index is 15.3. The molecule has 2 rings (SSSR count). The predicted molar refractivity (Wildman–Crippen MR) is 110 cm³/mol. The third-order valence-electron chi connectivity index (χ3n) is 4.35. The van der Waals surface area contributed by atoms with Crippen molar-refractivity contribution in [2.45, 2.75) is 64.8 Å². The maximum Gasteiger partial charge on any atom is 0.459 e. The van der Waals surface area contributed by atoms with E-state index in [-0.39, 0.29) is 11.8 Å². The van der Waals surface area contributed by atoms with Gasteiger partial charge in [0, 0.05) is 17.9 Å². The predicted octanol–water partition coefficient (Wildman–Crippen LogP) is 2.77. The van der Waals surface area contributed by atoms with Crippen LogP contribution in [0.15, 0.2) is 41.5 Å². The Labute approximate surface area is 175 Å². The number of hydrogen-bond donors (Lipinski definition) is 2. The molecular weight excluding hydrogens is 416 g/mol. The molecular formula is C19H29FN3O6P. The molecule has 0 saturated carbocycles. The van der Waals surface area contributed by atoms with Crippen LogP contribution in [0, 0.1) is 6.92 Å². The fraction of sp³-hybridized carbons (Fsp3) is 0.579. The lowest BCUT2D eigenvalue weighted by Crippen LogP contribution is -2.43. The molecule has 0 aromatic carbocycles. The van der Waals surface area contributed by atoms with Crippen LogP contribution < -0.4 is 10.8 Å². The molecule has 1 fully saturated rings. The van der Waals surface area contributed by atoms with Gasteiger partial charge in [-0.1, -0.05) is 12.7 Å². The van der Waals surface area contributed by atoms with Gasteiger partial charge in [0.05, 0.1) is 6.61 Å². The topological polar surface area (TPSA) is 112 Å². The molecule has 0 aliphatic carbocycles. The van der Waals surface area contributed by atoms with Crippen molar-refractivity contribution >= 4 is 7.75 Å². The van der Waals surface area contributed by atoms with Crippen molar-refractivity contribution in [2.75, 3.05) is 6.61 Å². The highest BCUT2D eigenvalue weighted by Crippen LogP contribution is 2.48. The number of nitrogens with zero attached hydrogens (tertiary/aromatic N) is 2. The van der Waals surface area contributed by atoms with Gasteiger partial charge in [0.25, 0.3) is 0 Å². The summed E-state index contributed by atoms with van der Waals surface area (Å²) < 4.78 is 45.6. The van der Waals surface area contributed by atoms with Crippen LogP contribution in [0.25, 0.3) is 0 Å². The van der Waals surface area contributed by atoms with E-state index in [2.05, 4.69) is 16.7 Å². The molecule has 0 radical (unpaired) electrons. The van der Waals surface area contributed by atoms with Crippen LogP contribution in [-0.2, 0) is 18.3 Å². The number of allylic oxidation sites excluding steroid dienone is 2. The number of alkyl halides is 1. The highest BCUT2D eigenvalue weighted by atomic mass is 31.2. The number of nitrogens with one attached hydrogen (secondary N) is 1. The van der Waals surface area contributed by atoms with E-state index in [0.717, 1.165) is 11.5 Å². The van der Waals surface area contributed by atoms with Crippen molar-refractivity contribution in [2.24, 2.45) is 0 Å². The molecule has 1 aromatic heterocycles. The lowest BCUT2D eigenvalue weighted by Gasteiger charge is -2.25. The van der Waals surface area contributed by atoms with E-state index in [4.69, 9.17) is 13.8 Å². The van der Waals surface area contributed by atoms with Gasteiger partial charge in [-0.3, -0.25) is 9.09 Å². The van der Waals surface area contributed by atoms with E-state index in [1.807, 2.05) is 0 Å². The highest BCUT2D eigenvalue weighted by Gasteiger charge is 2.55. The summed E-state index contributed by atoms with van der Waals surface area (Å²) in [6.45, 7) is 11.1. The van der Waals surface area contributed by atoms with Crippen LogP contribution in [0.4, 0.5) is 4.39 Å². The SMILES string of the molecule is C=C(C=CC)OP(=O)(NC(C)C)OCC1OC(n2ccc(C)nc2=O)C(C)(F)C1O. The largest absolute Gasteiger partial charge is 0.459 e. The molecule has 9 nitrogen and oxygen atoms in total. The molecule has 2 heterocycles. The maximum atomic E-state index is 15.3. The van der Waals surface area contributed by atoms with E-state index in [1.54, 1.807) is 33.8 Å². The molecule has 1 saturated heterocycles. The summed E-state index contributed by atoms with van der Waals surface area (Å²) in [6, 6.07) is 1.26. The number of rotatable bonds is 9. The number of hydrogen-bond acceptors (Lipinski definition) is 7. The number of ether oxygens (including phenoxy) is 1. The third-order valence-corrected chi connectivity index (χ3v) is 6.15. The van der Waals surface area contributed by atoms with E-state index < -0.39 is 44.1 Å². The van der Waals surface area contributed by atoms with Crippen molar-refractivity contribution in [3.8, 4) is 0 Å². The van der Waals surface area contributed by atoms with Gasteiger partial charge in [-0.05, 0) is 46.8 Å². The average Bonchev–Trinajstić information content (AvgIpc) is 2.83. The zero-order chi connectivity index (χ0) is 22.7. The Morgan fingerprint density at radius 1 is 1.60 bits per heavy atom. The first-order chi connectivity index (χ1) is 13.9. The lowest BCUT2D eigenvalue weighted by atomic mass is 9.98. The van der Waals surface area contributed by atoms with Crippen molar-refractivity contribution in [1.82, 2.24) is 14.6 Å². The van der Waals surface area contributed by atoms with E-state index in [0.29, 0.717) is 5.69 Å². The van der Waals surface area contributed by atoms with E-state index in [9.17, 15) is 14.5 Å². The van der Waals surface area contributed by atoms with Crippen LogP contribution in [0.1, 0.15) is 39.6 Å². The lowest BCUT2D eigenvalue weighted by molar-refractivity contribution is -0.0595. The number of aliphatic hydroxyl groups is 1. The van der Waals surface area contributed by atoms with E-state index >= 15 is 4.39 Å². The summed E-state index contributed by atoms with van der Waals surface area (Å²) in [5, 5.41) is 13.1. The van der Waals surface area contributed by atoms with Gasteiger partial charge in [0.2, 0.25) is 0 Å². The van der Waals surface area contributed by atoms with Gasteiger partial charge in [0.1, 0.15) is 18.0 Å². The molecule has 0 amide bonds. The van der Waals surface area contributed by atoms with Gasteiger partial charge >= 0.3 is 13.4 Å². The summed E-state index contributed by atoms with van der Waals surface area (Å²) in [5.41, 5.74) is -2.56. The first kappa shape index (κ1) is 24.4. The fourth-order valence-corrected chi connectivity index (χ4v) is 4.50. The van der Waals surface area contributed by atoms with Crippen molar-refractivity contribution in [3.05, 3.63) is 52.9 Å². The van der Waals surface area contributed by atoms with Gasteiger partial charge < -0.3 is 14.4 Å². The Hall–Kier alpha value is -1.84. The van der Waals surface area contributed by atoms with Gasteiger partial charge in [-0.2, -0.15) is 4.98 Å². The second-order valence-corrected chi connectivity index (χ2v) is 9.21. The van der Waals surface area contributed by atoms with Crippen molar-refractivity contribution < 1.29 is 27.8 Å². The zero-order valence-electron chi connectivity index (χ0n) is 17.7. The highest BCUT2D eigenvalue weighted by molar-refractivity contribution is 7.51. The van der Waals surface area contributed by atoms with Crippen molar-refractivity contribution in [1.29, 1.82) is 0 Å². The average molecular weight is 445 g/mol. The molecule has 5 atom stereocenters. The van der Waals surface area contributed by atoms with Gasteiger partial charge in [0.15, 0.2) is 11.9 Å². The monoisotopic (exact) mass is 445 g/mol. The van der Waals surface area contributed by atoms with Crippen LogP contribution >= 0.6 is 7.75 Å². The Balaban J connectivity index is 2.19. The number of aryl methyl sites for hydroxylation is 1. The number of aromatic nitrogens is 2. The van der Waals surface area contributed by atoms with Crippen LogP contribution in [0.5, 0.6) is 0 Å². The second kappa shape index (κ2) is 9.53. The Morgan fingerprint density at radius 3 is 2.83 bits per heavy atom. The third kappa shape index (κ3) is 5.65. The Morgan fingerprint density at radius 2 is 2.27 bits per heavy atom. The molecule has 0 bridgehead atoms. The summed E-state index contributed by atoms with van der Waals surface area (Å²) >= 11 is 0. The molecule has 2 N–H and O–H groups in total. The molecule has 30 heavy (non-hydrogen) atoms. The molecule has 5 unspecified atom stereocenters. The minimum Gasteiger partial charge on any atom is -0.414 e. The Kier molecular flexibility index (Phi) is 7.76. The first-order valence-corrected chi connectivity index (χ1v) is 11.1. The zero-order valence-corrected chi connectivity index (χ0v) is 18.6. The molecule has 1 aromatic rings. The van der Waals surface area contributed by atoms with Crippen LogP contribution in [-0.4, -0.2) is 45.2 Å². The summed E-state index contributed by atoms with van der Waals surface area (Å²) in [4.78, 5) is 15.9. The number of aliphatic hydroxyl groups excluding tert-OH is 1. The van der Waals surface area contributed by atoms with E-state index in [1.165, 1.54) is 18.3 Å². The standard InChI is InChI=1S/C19H29FN3O6P/c1-7-8-14(5)29-30(26,22-12(2)3)27-11-15-16(24)19(6,20)17(28-15)23-10-9-13(4)21-18(23)25/h7-10,12,15-17,24H,5,11H2,1-4,6H3,(H,22,26). The van der Waals surface area contributed by atoms with Crippen LogP contribution in [0.3, 0.4) is 0 Å². The number of halogens is 1. The molecule has 168 valence electrons.